The Kier molecular flexibility index (Phi) is 31.4. The second kappa shape index (κ2) is 36.9. The zero-order valence-electron chi connectivity index (χ0n) is 51.1. The Morgan fingerprint density at radius 2 is 1.37 bits per heavy atom. The third-order valence-corrected chi connectivity index (χ3v) is 25.8. The van der Waals surface area contributed by atoms with E-state index in [-0.39, 0.29) is 58.7 Å². The second-order valence-corrected chi connectivity index (χ2v) is 33.3. The van der Waals surface area contributed by atoms with Crippen LogP contribution in [0, 0.1) is 5.92 Å². The Morgan fingerprint density at radius 3 is 1.92 bits per heavy atom. The van der Waals surface area contributed by atoms with Crippen LogP contribution in [0.1, 0.15) is 76.2 Å². The van der Waals surface area contributed by atoms with Gasteiger partial charge in [0, 0.05) is 12.5 Å². The molecule has 2 heterocycles. The number of esters is 1. The van der Waals surface area contributed by atoms with Gasteiger partial charge in [-0.25, -0.2) is 9.13 Å². The van der Waals surface area contributed by atoms with E-state index in [0.29, 0.717) is 101 Å². The zero-order chi connectivity index (χ0) is 65.4. The molecule has 3 aromatic rings. The number of alkyl halides is 7. The summed E-state index contributed by atoms with van der Waals surface area (Å²) in [6, 6.07) is 9.36. The number of phosphoric acid groups is 2. The number of nitrogens with two attached hydrogens (primary N) is 1. The van der Waals surface area contributed by atoms with Gasteiger partial charge in [0.25, 0.3) is 0 Å². The number of halogens is 4. The van der Waals surface area contributed by atoms with E-state index in [4.69, 9.17) is 76.5 Å². The number of Topliss-reactive ketones (excluding diaryl/α,β-unsaturated/α-hetero) is 1. The van der Waals surface area contributed by atoms with Gasteiger partial charge in [0.05, 0.1) is 41.2 Å². The van der Waals surface area contributed by atoms with Gasteiger partial charge in [0.2, 0.25) is 5.75 Å². The van der Waals surface area contributed by atoms with Crippen LogP contribution >= 0.6 is 15.6 Å². The summed E-state index contributed by atoms with van der Waals surface area (Å²) in [5.41, 5.74) is 5.46. The number of nitrogens with zero attached hydrogens (tertiary/aromatic N) is 1. The number of hydrogen-bond donors (Lipinski definition) is 6. The quantitative estimate of drug-likeness (QED) is 0.0122. The summed E-state index contributed by atoms with van der Waals surface area (Å²) in [6.07, 6.45) is -8.58. The van der Waals surface area contributed by atoms with Crippen molar-refractivity contribution in [3.63, 3.8) is 0 Å². The van der Waals surface area contributed by atoms with Crippen molar-refractivity contribution in [3.05, 3.63) is 64.7 Å². The number of benzene rings is 3. The number of amides is 3. The molecule has 36 heteroatoms. The predicted molar refractivity (Wildman–Crippen MR) is 308 cm³/mol. The Labute approximate surface area is 517 Å². The van der Waals surface area contributed by atoms with Crippen LogP contribution in [0.15, 0.2) is 42.5 Å². The van der Waals surface area contributed by atoms with E-state index in [1.807, 2.05) is 0 Å². The van der Waals surface area contributed by atoms with E-state index in [9.17, 15) is 46.3 Å². The molecule has 2 aliphatic heterocycles. The van der Waals surface area contributed by atoms with E-state index in [1.54, 1.807) is 31.3 Å². The molecule has 0 saturated carbocycles. The van der Waals surface area contributed by atoms with Crippen LogP contribution in [0.25, 0.3) is 0 Å². The van der Waals surface area contributed by atoms with E-state index >= 15 is 0 Å². The van der Waals surface area contributed by atoms with Gasteiger partial charge in [-0.3, -0.25) is 18.4 Å². The first-order valence-corrected chi connectivity index (χ1v) is 37.1. The summed E-state index contributed by atoms with van der Waals surface area (Å²) in [4.78, 5) is 86.2. The fourth-order valence-corrected chi connectivity index (χ4v) is 19.8. The molecule has 526 valence electrons. The maximum absolute atomic E-state index is 14.9. The number of carbonyl (C=O) groups excluding carboxylic acids is 5. The standard InChI is InChI=1S/C55H80F3IN5O23P2.2Fm/c1-36(2)42(65)34-81-52(68)41-26-37(12-13-43(41)87-89(73)84-32-40(33-85-89)86-88(70,71)72)31-82-54(69)63-53(55(56,57)58)83-35-59(14-10-19-62-51(67)39-29-46(76-5)49(47(30-39)77-6)80-25-24-79-23-17-60)15-11-21-64(22-16-59)20-9-8-18-61-50(66)38-27-44(74-3)48(78-7)45(28-38)75-4;;/h12-13,26-30,36,40,53H,8-11,14-25,31-35,60H2,1-7H3,(H,61,66)(H,62,67)(H,63,69)(H2,70,71,72);;/q-1;;. The molecule has 2 aliphatic rings. The number of ketones is 1. The number of ether oxygens (including phenoxy) is 10. The molecule has 91 heavy (non-hydrogen) atoms. The second-order valence-electron chi connectivity index (χ2n) is 20.1. The molecule has 2 unspecified atom stereocenters. The molecule has 0 bridgehead atoms. The molecule has 2 saturated heterocycles. The molecule has 0 radical (unpaired) electrons. The minimum atomic E-state index is -5.14. The predicted octanol–water partition coefficient (Wildman–Crippen LogP) is 2.46. The maximum atomic E-state index is 14.9. The van der Waals surface area contributed by atoms with Crippen molar-refractivity contribution >= 4 is 45.3 Å². The van der Waals surface area contributed by atoms with Gasteiger partial charge in [-0.2, -0.15) is 0 Å². The van der Waals surface area contributed by atoms with Crippen molar-refractivity contribution in [2.75, 3.05) is 132 Å². The van der Waals surface area contributed by atoms with E-state index in [2.05, 4.69) is 20.1 Å². The summed E-state index contributed by atoms with van der Waals surface area (Å²) >= 11 is -3.46. The molecule has 28 nitrogen and oxygen atoms in total. The zero-order valence-corrected chi connectivity index (χ0v) is 59.9. The van der Waals surface area contributed by atoms with Gasteiger partial charge in [-0.15, -0.1) is 0 Å². The molecule has 2 fully saturated rings. The first-order valence-electron chi connectivity index (χ1n) is 28.0. The molecule has 0 aliphatic carbocycles. The SMILES string of the molecule is COc1cc(C(=O)NCCCCN2CCC[I-](CCCNC(=O)c3cc(OC)c(OCCOCCN)c(OC)c3)(COC(NC(=O)OCc3ccc(OP4(=O)OCC(OP(=O)(O)O)CO4)c(C(=O)OCC(=O)C(C)C)c3)C(F)(F)F)CC2)cc(OC)c1OC.[Fm].[Fm]. The van der Waals surface area contributed by atoms with Crippen molar-refractivity contribution in [1.82, 2.24) is 20.9 Å². The minimum absolute atomic E-state index is 0. The molecule has 0 aromatic heterocycles. The first-order chi connectivity index (χ1) is 42.3. The van der Waals surface area contributed by atoms with Gasteiger partial charge in [-0.05, 0) is 0 Å². The minimum Gasteiger partial charge on any atom is -0.493 e. The molecule has 5 rings (SSSR count). The fraction of sp³-hybridized carbons (Fsp3) is 0.582. The van der Waals surface area contributed by atoms with Crippen LogP contribution in [0.5, 0.6) is 40.2 Å². The number of alkyl carbamates (subject to hydrolysis) is 1. The number of rotatable bonds is 36. The molecule has 3 aromatic carbocycles. The van der Waals surface area contributed by atoms with E-state index < -0.39 is 120 Å². The van der Waals surface area contributed by atoms with Crippen molar-refractivity contribution in [1.29, 1.82) is 0 Å². The van der Waals surface area contributed by atoms with Gasteiger partial charge in [-0.1, -0.05) is 13.8 Å². The first kappa shape index (κ1) is 77.5. The summed E-state index contributed by atoms with van der Waals surface area (Å²) in [7, 11) is -2.43. The molecule has 2 atom stereocenters. The third kappa shape index (κ3) is 24.4. The molecule has 3 amide bonds. The Hall–Kier alpha value is -7.77. The molecular formula is C55H80F3Fm2IN5O23P2-. The van der Waals surface area contributed by atoms with Crippen LogP contribution in [-0.4, -0.2) is 195 Å². The summed E-state index contributed by atoms with van der Waals surface area (Å²) < 4.78 is 145. The molecule has 7 N–H and O–H groups in total. The van der Waals surface area contributed by atoms with Gasteiger partial charge < -0.3 is 34.5 Å². The number of unbranched alkanes of at least 4 members (excludes halogenated alkanes) is 1. The van der Waals surface area contributed by atoms with Crippen LogP contribution in [0.4, 0.5) is 18.0 Å². The number of carbonyl (C=O) groups is 5. The van der Waals surface area contributed by atoms with Gasteiger partial charge >= 0.3 is 366 Å². The topological polar surface area (TPSA) is 355 Å². The van der Waals surface area contributed by atoms with E-state index in [1.165, 1.54) is 53.7 Å². The van der Waals surface area contributed by atoms with Gasteiger partial charge in [0.1, 0.15) is 6.10 Å². The van der Waals surface area contributed by atoms with Gasteiger partial charge in [0.15, 0.2) is 12.4 Å². The van der Waals surface area contributed by atoms with Crippen molar-refractivity contribution in [3.8, 4) is 40.2 Å². The Morgan fingerprint density at radius 1 is 0.780 bits per heavy atom. The van der Waals surface area contributed by atoms with Crippen LogP contribution in [0.2, 0.25) is 0 Å². The Bertz CT molecular complexity index is 2900. The Balaban J connectivity index is 0.0000108. The molecule has 0 spiro atoms. The average molecular weight is 1940 g/mol. The van der Waals surface area contributed by atoms with Crippen LogP contribution < -0.4 is 73.1 Å². The van der Waals surface area contributed by atoms with Crippen molar-refractivity contribution in [2.45, 2.75) is 64.6 Å². The number of phosphoric ester groups is 2. The third-order valence-electron chi connectivity index (χ3n) is 13.3. The number of hydrogen-bond acceptors (Lipinski definition) is 23. The van der Waals surface area contributed by atoms with Crippen molar-refractivity contribution in [2.24, 2.45) is 11.7 Å². The smallest absolute Gasteiger partial charge is 0.493 e. The summed E-state index contributed by atoms with van der Waals surface area (Å²) in [6.45, 7) is 3.69. The normalized spacial score (nSPS) is 18.7. The summed E-state index contributed by atoms with van der Waals surface area (Å²) in [5, 5.41) is 7.59. The van der Waals surface area contributed by atoms with E-state index in [0.717, 1.165) is 12.1 Å². The molecular weight excluding hydrogens is 1860 g/mol. The number of methoxy groups -OCH3 is 5. The van der Waals surface area contributed by atoms with Crippen LogP contribution in [-0.2, 0) is 53.1 Å². The monoisotopic (exact) mass is 1940 g/mol. The fourth-order valence-electron chi connectivity index (χ4n) is 8.68. The summed E-state index contributed by atoms with van der Waals surface area (Å²) in [5.74, 6) is -1.84. The average Bonchev–Trinajstić information content (AvgIpc) is 1.79. The van der Waals surface area contributed by atoms with Crippen molar-refractivity contribution < 1.29 is 140 Å². The number of nitrogens with one attached hydrogen (secondary N) is 3. The van der Waals surface area contributed by atoms with Crippen LogP contribution in [0.3, 0.4) is 0 Å².